The minimum absolute atomic E-state index is 0.0171. The predicted molar refractivity (Wildman–Crippen MR) is 56.0 cm³/mol. The fraction of sp³-hybridized carbons (Fsp3) is 0.545. The van der Waals surface area contributed by atoms with E-state index >= 15 is 0 Å². The van der Waals surface area contributed by atoms with Crippen LogP contribution in [0.1, 0.15) is 30.3 Å². The van der Waals surface area contributed by atoms with Crippen molar-refractivity contribution in [2.24, 2.45) is 11.8 Å². The highest BCUT2D eigenvalue weighted by Gasteiger charge is 2.27. The molecule has 2 N–H and O–H groups in total. The van der Waals surface area contributed by atoms with Crippen molar-refractivity contribution < 1.29 is 14.3 Å². The maximum absolute atomic E-state index is 10.5. The van der Waals surface area contributed by atoms with Gasteiger partial charge in [0.15, 0.2) is 5.88 Å². The van der Waals surface area contributed by atoms with Gasteiger partial charge < -0.3 is 14.8 Å². The quantitative estimate of drug-likeness (QED) is 0.781. The lowest BCUT2D eigenvalue weighted by molar-refractivity contribution is 0.0663. The summed E-state index contributed by atoms with van der Waals surface area (Å²) in [5.74, 6) is 0.963. The second kappa shape index (κ2) is 3.96. The van der Waals surface area contributed by atoms with Crippen molar-refractivity contribution in [1.82, 2.24) is 0 Å². The van der Waals surface area contributed by atoms with E-state index in [1.54, 1.807) is 6.07 Å². The van der Waals surface area contributed by atoms with Crippen LogP contribution < -0.4 is 5.32 Å². The Hall–Kier alpha value is -1.45. The summed E-state index contributed by atoms with van der Waals surface area (Å²) < 4.78 is 5.08. The van der Waals surface area contributed by atoms with E-state index in [1.165, 1.54) is 18.9 Å². The van der Waals surface area contributed by atoms with E-state index in [0.29, 0.717) is 11.8 Å². The van der Waals surface area contributed by atoms with E-state index in [2.05, 4.69) is 12.2 Å². The third kappa shape index (κ3) is 2.52. The molecule has 0 aromatic carbocycles. The van der Waals surface area contributed by atoms with Crippen LogP contribution in [-0.2, 0) is 0 Å². The predicted octanol–water partition coefficient (Wildman–Crippen LogP) is 2.44. The number of carboxylic acid groups (broad SMARTS) is 1. The van der Waals surface area contributed by atoms with Crippen molar-refractivity contribution in [2.45, 2.75) is 19.8 Å². The summed E-state index contributed by atoms with van der Waals surface area (Å²) in [4.78, 5) is 10.5. The topological polar surface area (TPSA) is 62.5 Å². The fourth-order valence-corrected chi connectivity index (χ4v) is 1.64. The van der Waals surface area contributed by atoms with E-state index in [0.717, 1.165) is 12.5 Å². The molecule has 1 aliphatic carbocycles. The number of hydrogen-bond acceptors (Lipinski definition) is 3. The van der Waals surface area contributed by atoms with Crippen molar-refractivity contribution in [2.75, 3.05) is 11.9 Å². The molecule has 1 aliphatic rings. The minimum Gasteiger partial charge on any atom is -0.475 e. The lowest BCUT2D eigenvalue weighted by Gasteiger charge is -2.09. The summed E-state index contributed by atoms with van der Waals surface area (Å²) in [5.41, 5.74) is 0. The SMILES string of the molecule is CC(CNc1ccc(C(=O)O)o1)C1CC1. The van der Waals surface area contributed by atoms with E-state index in [9.17, 15) is 4.79 Å². The highest BCUT2D eigenvalue weighted by atomic mass is 16.4. The van der Waals surface area contributed by atoms with Crippen molar-refractivity contribution in [3.05, 3.63) is 17.9 Å². The molecule has 0 amide bonds. The zero-order valence-electron chi connectivity index (χ0n) is 8.69. The molecular formula is C11H15NO3. The number of hydrogen-bond donors (Lipinski definition) is 2. The van der Waals surface area contributed by atoms with Gasteiger partial charge in [0.1, 0.15) is 0 Å². The maximum atomic E-state index is 10.5. The normalized spacial score (nSPS) is 17.4. The van der Waals surface area contributed by atoms with Gasteiger partial charge in [-0.15, -0.1) is 0 Å². The Morgan fingerprint density at radius 3 is 2.93 bits per heavy atom. The maximum Gasteiger partial charge on any atom is 0.371 e. The Bertz CT molecular complexity index is 354. The van der Waals surface area contributed by atoms with E-state index in [-0.39, 0.29) is 5.76 Å². The highest BCUT2D eigenvalue weighted by Crippen LogP contribution is 2.36. The van der Waals surface area contributed by atoms with Crippen molar-refractivity contribution in [3.63, 3.8) is 0 Å². The third-order valence-electron chi connectivity index (χ3n) is 2.84. The summed E-state index contributed by atoms with van der Waals surface area (Å²) in [6.07, 6.45) is 2.64. The molecule has 0 bridgehead atoms. The van der Waals surface area contributed by atoms with E-state index in [1.807, 2.05) is 0 Å². The Labute approximate surface area is 88.3 Å². The summed E-state index contributed by atoms with van der Waals surface area (Å²) in [6, 6.07) is 3.12. The largest absolute Gasteiger partial charge is 0.475 e. The fourth-order valence-electron chi connectivity index (χ4n) is 1.64. The first-order chi connectivity index (χ1) is 7.16. The summed E-state index contributed by atoms with van der Waals surface area (Å²) >= 11 is 0. The van der Waals surface area contributed by atoms with Crippen LogP contribution in [0.15, 0.2) is 16.5 Å². The molecule has 1 fully saturated rings. The number of nitrogens with one attached hydrogen (secondary N) is 1. The van der Waals surface area contributed by atoms with Gasteiger partial charge in [-0.3, -0.25) is 0 Å². The molecule has 4 nitrogen and oxygen atoms in total. The molecule has 15 heavy (non-hydrogen) atoms. The molecule has 1 aromatic heterocycles. The van der Waals surface area contributed by atoms with Gasteiger partial charge in [0.05, 0.1) is 0 Å². The monoisotopic (exact) mass is 209 g/mol. The molecule has 1 atom stereocenters. The second-order valence-electron chi connectivity index (χ2n) is 4.16. The molecule has 0 saturated heterocycles. The van der Waals surface area contributed by atoms with Gasteiger partial charge in [0, 0.05) is 12.6 Å². The number of anilines is 1. The third-order valence-corrected chi connectivity index (χ3v) is 2.84. The molecule has 2 rings (SSSR count). The van der Waals surface area contributed by atoms with Gasteiger partial charge in [-0.1, -0.05) is 6.92 Å². The molecular weight excluding hydrogens is 194 g/mol. The highest BCUT2D eigenvalue weighted by molar-refractivity contribution is 5.84. The van der Waals surface area contributed by atoms with Crippen LogP contribution in [-0.4, -0.2) is 17.6 Å². The number of furan rings is 1. The van der Waals surface area contributed by atoms with Crippen LogP contribution in [0.3, 0.4) is 0 Å². The average Bonchev–Trinajstić information content (AvgIpc) is 2.93. The lowest BCUT2D eigenvalue weighted by Crippen LogP contribution is -2.12. The van der Waals surface area contributed by atoms with Gasteiger partial charge in [0.25, 0.3) is 0 Å². The standard InChI is InChI=1S/C11H15NO3/c1-7(8-2-3-8)6-12-10-5-4-9(15-10)11(13)14/h4-5,7-8,12H,2-3,6H2,1H3,(H,13,14). The number of carboxylic acids is 1. The van der Waals surface area contributed by atoms with Gasteiger partial charge in [-0.2, -0.15) is 0 Å². The Morgan fingerprint density at radius 2 is 2.40 bits per heavy atom. The average molecular weight is 209 g/mol. The Morgan fingerprint density at radius 1 is 1.67 bits per heavy atom. The van der Waals surface area contributed by atoms with Crippen LogP contribution >= 0.6 is 0 Å². The number of carbonyl (C=O) groups is 1. The summed E-state index contributed by atoms with van der Waals surface area (Å²) in [6.45, 7) is 3.04. The first kappa shape index (κ1) is 10.1. The van der Waals surface area contributed by atoms with E-state index < -0.39 is 5.97 Å². The van der Waals surface area contributed by atoms with Gasteiger partial charge in [0.2, 0.25) is 5.76 Å². The van der Waals surface area contributed by atoms with Crippen LogP contribution in [0.2, 0.25) is 0 Å². The molecule has 4 heteroatoms. The summed E-state index contributed by atoms with van der Waals surface area (Å²) in [5, 5.41) is 11.8. The van der Waals surface area contributed by atoms with Crippen LogP contribution in [0, 0.1) is 11.8 Å². The Balaban J connectivity index is 1.84. The molecule has 0 aliphatic heterocycles. The van der Waals surface area contributed by atoms with Crippen molar-refractivity contribution in [3.8, 4) is 0 Å². The minimum atomic E-state index is -1.03. The van der Waals surface area contributed by atoms with Crippen LogP contribution in [0.25, 0.3) is 0 Å². The first-order valence-corrected chi connectivity index (χ1v) is 5.24. The van der Waals surface area contributed by atoms with Crippen molar-refractivity contribution >= 4 is 11.9 Å². The second-order valence-corrected chi connectivity index (χ2v) is 4.16. The molecule has 0 spiro atoms. The number of rotatable bonds is 5. The van der Waals surface area contributed by atoms with Crippen LogP contribution in [0.5, 0.6) is 0 Å². The van der Waals surface area contributed by atoms with Crippen LogP contribution in [0.4, 0.5) is 5.88 Å². The zero-order valence-corrected chi connectivity index (χ0v) is 8.69. The molecule has 1 saturated carbocycles. The summed E-state index contributed by atoms with van der Waals surface area (Å²) in [7, 11) is 0. The zero-order chi connectivity index (χ0) is 10.8. The van der Waals surface area contributed by atoms with Crippen molar-refractivity contribution in [1.29, 1.82) is 0 Å². The first-order valence-electron chi connectivity index (χ1n) is 5.24. The molecule has 1 unspecified atom stereocenters. The smallest absolute Gasteiger partial charge is 0.371 e. The molecule has 1 aromatic rings. The van der Waals surface area contributed by atoms with E-state index in [4.69, 9.17) is 9.52 Å². The van der Waals surface area contributed by atoms with Gasteiger partial charge in [-0.25, -0.2) is 4.79 Å². The molecule has 1 heterocycles. The molecule has 82 valence electrons. The van der Waals surface area contributed by atoms with Gasteiger partial charge >= 0.3 is 5.97 Å². The van der Waals surface area contributed by atoms with Gasteiger partial charge in [-0.05, 0) is 30.7 Å². The Kier molecular flexibility index (Phi) is 2.66. The number of aromatic carboxylic acids is 1. The molecule has 0 radical (unpaired) electrons. The lowest BCUT2D eigenvalue weighted by atomic mass is 10.1.